The molecule has 1 saturated carbocycles. The highest BCUT2D eigenvalue weighted by atomic mass is 16.5. The zero-order chi connectivity index (χ0) is 24.4. The second kappa shape index (κ2) is 7.34. The number of ether oxygens (including phenoxy) is 1. The molecule has 0 heterocycles. The number of primary amides is 1. The van der Waals surface area contributed by atoms with Crippen LogP contribution in [0.1, 0.15) is 24.5 Å². The van der Waals surface area contributed by atoms with E-state index in [1.807, 2.05) is 0 Å². The lowest BCUT2D eigenvalue weighted by molar-refractivity contribution is -0.151. The van der Waals surface area contributed by atoms with Crippen molar-refractivity contribution in [2.24, 2.45) is 17.6 Å². The molecule has 0 spiro atoms. The molecule has 1 aromatic rings. The Morgan fingerprint density at radius 3 is 2.45 bits per heavy atom. The van der Waals surface area contributed by atoms with E-state index in [0.29, 0.717) is 11.3 Å². The van der Waals surface area contributed by atoms with E-state index in [1.54, 1.807) is 0 Å². The molecule has 174 valence electrons. The third kappa shape index (κ3) is 2.92. The van der Waals surface area contributed by atoms with Crippen molar-refractivity contribution in [2.75, 3.05) is 7.11 Å². The van der Waals surface area contributed by atoms with Crippen molar-refractivity contribution in [3.8, 4) is 11.5 Å². The summed E-state index contributed by atoms with van der Waals surface area (Å²) in [6.07, 6.45) is -0.0363. The summed E-state index contributed by atoms with van der Waals surface area (Å²) < 4.78 is 5.31. The van der Waals surface area contributed by atoms with Gasteiger partial charge in [-0.2, -0.15) is 0 Å². The predicted molar refractivity (Wildman–Crippen MR) is 111 cm³/mol. The largest absolute Gasteiger partial charge is 0.508 e. The number of carbonyl (C=O) groups is 4. The highest BCUT2D eigenvalue weighted by molar-refractivity contribution is 6.25. The molecule has 4 rings (SSSR count). The Labute approximate surface area is 187 Å². The van der Waals surface area contributed by atoms with E-state index in [9.17, 15) is 39.6 Å². The molecule has 0 aliphatic heterocycles. The Hall–Kier alpha value is -3.86. The van der Waals surface area contributed by atoms with Gasteiger partial charge in [0.05, 0.1) is 18.7 Å². The van der Waals surface area contributed by atoms with Gasteiger partial charge < -0.3 is 36.2 Å². The molecular formula is C22H22N2O9. The van der Waals surface area contributed by atoms with E-state index in [4.69, 9.17) is 10.5 Å². The molecule has 11 heteroatoms. The van der Waals surface area contributed by atoms with Gasteiger partial charge in [0.2, 0.25) is 11.7 Å². The van der Waals surface area contributed by atoms with Crippen LogP contribution in [0.15, 0.2) is 29.0 Å². The highest BCUT2D eigenvalue weighted by Gasteiger charge is 2.64. The number of aliphatic hydroxyl groups is 3. The number of nitrogens with one attached hydrogen (secondary N) is 1. The van der Waals surface area contributed by atoms with Gasteiger partial charge in [0.1, 0.15) is 28.6 Å². The number of fused-ring (bicyclic) bond motifs is 3. The van der Waals surface area contributed by atoms with Crippen LogP contribution in [-0.2, 0) is 25.6 Å². The fourth-order valence-electron chi connectivity index (χ4n) is 5.23. The van der Waals surface area contributed by atoms with Crippen molar-refractivity contribution < 1.29 is 44.3 Å². The van der Waals surface area contributed by atoms with Crippen LogP contribution in [0.2, 0.25) is 0 Å². The van der Waals surface area contributed by atoms with E-state index in [-0.39, 0.29) is 29.7 Å². The number of ketones is 2. The van der Waals surface area contributed by atoms with Crippen molar-refractivity contribution in [3.05, 3.63) is 40.2 Å². The second-order valence-electron chi connectivity index (χ2n) is 8.37. The van der Waals surface area contributed by atoms with E-state index in [0.717, 1.165) is 6.92 Å². The smallest absolute Gasteiger partial charge is 0.255 e. The fraction of sp³-hybridized carbons (Fsp3) is 0.364. The summed E-state index contributed by atoms with van der Waals surface area (Å²) >= 11 is 0. The van der Waals surface area contributed by atoms with Crippen LogP contribution in [0.5, 0.6) is 11.5 Å². The molecule has 0 radical (unpaired) electrons. The standard InChI is InChI=1S/C22H22N2O9/c1-7(25)24-16-10-6-8-5-9-12(33-2)4-3-11(26)14(9)17(27)13(8)19(29)22(10,32)20(30)15(18(16)28)21(23)31/h3-4,8,10,16,26-27,30,32H,5-6H2,1-2H3,(H2,23,31)(H,24,25)/t8-,10-,16-,22-/m0/s1. The molecule has 0 bridgehead atoms. The van der Waals surface area contributed by atoms with Crippen LogP contribution < -0.4 is 15.8 Å². The molecular weight excluding hydrogens is 436 g/mol. The van der Waals surface area contributed by atoms with Crippen LogP contribution in [-0.4, -0.2) is 62.6 Å². The van der Waals surface area contributed by atoms with Crippen molar-refractivity contribution in [1.29, 1.82) is 0 Å². The van der Waals surface area contributed by atoms with Crippen LogP contribution in [0.4, 0.5) is 0 Å². The van der Waals surface area contributed by atoms with Gasteiger partial charge in [0.25, 0.3) is 5.91 Å². The Balaban J connectivity index is 1.97. The van der Waals surface area contributed by atoms with E-state index in [1.165, 1.54) is 19.2 Å². The maximum Gasteiger partial charge on any atom is 0.255 e. The van der Waals surface area contributed by atoms with Gasteiger partial charge in [0.15, 0.2) is 11.4 Å². The normalized spacial score (nSPS) is 28.6. The molecule has 1 fully saturated rings. The fourth-order valence-corrected chi connectivity index (χ4v) is 5.23. The summed E-state index contributed by atoms with van der Waals surface area (Å²) in [4.78, 5) is 50.2. The minimum atomic E-state index is -2.81. The summed E-state index contributed by atoms with van der Waals surface area (Å²) in [5.74, 6) is -8.17. The number of phenols is 1. The van der Waals surface area contributed by atoms with Crippen LogP contribution in [0.25, 0.3) is 5.76 Å². The molecule has 7 N–H and O–H groups in total. The molecule has 11 nitrogen and oxygen atoms in total. The zero-order valence-electron chi connectivity index (χ0n) is 17.7. The lowest BCUT2D eigenvalue weighted by atomic mass is 9.57. The number of hydrogen-bond donors (Lipinski definition) is 6. The SMILES string of the molecule is COc1ccc(O)c2c1C[C@H]1C[C@H]3[C@H](NC(C)=O)C(=O)C(C(N)=O)=C(O)[C@@]3(O)C(=O)C1=C2O. The first-order chi connectivity index (χ1) is 15.4. The lowest BCUT2D eigenvalue weighted by Crippen LogP contribution is -2.66. The van der Waals surface area contributed by atoms with E-state index >= 15 is 0 Å². The first kappa shape index (κ1) is 22.3. The van der Waals surface area contributed by atoms with Crippen LogP contribution in [0.3, 0.4) is 0 Å². The van der Waals surface area contributed by atoms with Gasteiger partial charge >= 0.3 is 0 Å². The maximum atomic E-state index is 13.6. The highest BCUT2D eigenvalue weighted by Crippen LogP contribution is 2.53. The number of nitrogens with two attached hydrogens (primary N) is 1. The third-order valence-corrected chi connectivity index (χ3v) is 6.62. The number of amides is 2. The number of aromatic hydroxyl groups is 1. The van der Waals surface area contributed by atoms with Crippen molar-refractivity contribution in [3.63, 3.8) is 0 Å². The van der Waals surface area contributed by atoms with Crippen LogP contribution in [0, 0.1) is 11.8 Å². The Kier molecular flexibility index (Phi) is 4.97. The second-order valence-corrected chi connectivity index (χ2v) is 8.37. The van der Waals surface area contributed by atoms with Crippen LogP contribution >= 0.6 is 0 Å². The first-order valence-electron chi connectivity index (χ1n) is 10.1. The number of Topliss-reactive ketones (excluding diaryl/α,β-unsaturated/α-hetero) is 2. The van der Waals surface area contributed by atoms with Gasteiger partial charge in [0, 0.05) is 24.0 Å². The number of carbonyl (C=O) groups excluding carboxylic acids is 4. The average molecular weight is 458 g/mol. The monoisotopic (exact) mass is 458 g/mol. The van der Waals surface area contributed by atoms with Gasteiger partial charge in [-0.25, -0.2) is 0 Å². The average Bonchev–Trinajstić information content (AvgIpc) is 2.73. The third-order valence-electron chi connectivity index (χ3n) is 6.62. The minimum Gasteiger partial charge on any atom is -0.508 e. The molecule has 0 saturated heterocycles. The first-order valence-corrected chi connectivity index (χ1v) is 10.1. The molecule has 3 aliphatic rings. The van der Waals surface area contributed by atoms with Gasteiger partial charge in [-0.05, 0) is 30.9 Å². The summed E-state index contributed by atoms with van der Waals surface area (Å²) in [6, 6.07) is 1.24. The van der Waals surface area contributed by atoms with Gasteiger partial charge in [-0.1, -0.05) is 0 Å². The topological polar surface area (TPSA) is 196 Å². The Morgan fingerprint density at radius 1 is 1.21 bits per heavy atom. The number of aliphatic hydroxyl groups excluding tert-OH is 2. The van der Waals surface area contributed by atoms with E-state index < -0.39 is 64.0 Å². The quantitative estimate of drug-likeness (QED) is 0.325. The van der Waals surface area contributed by atoms with Crippen molar-refractivity contribution >= 4 is 29.1 Å². The Bertz CT molecular complexity index is 1200. The summed E-state index contributed by atoms with van der Waals surface area (Å²) in [5.41, 5.74) is 1.49. The van der Waals surface area contributed by atoms with Gasteiger partial charge in [-0.3, -0.25) is 19.2 Å². The maximum absolute atomic E-state index is 13.6. The number of rotatable bonds is 3. The molecule has 4 atom stereocenters. The van der Waals surface area contributed by atoms with Crippen molar-refractivity contribution in [1.82, 2.24) is 5.32 Å². The summed E-state index contributed by atoms with van der Waals surface area (Å²) in [5, 5.41) is 45.8. The zero-order valence-corrected chi connectivity index (χ0v) is 17.7. The molecule has 1 aromatic carbocycles. The molecule has 3 aliphatic carbocycles. The van der Waals surface area contributed by atoms with Crippen molar-refractivity contribution in [2.45, 2.75) is 31.4 Å². The molecule has 33 heavy (non-hydrogen) atoms. The number of methoxy groups -OCH3 is 1. The lowest BCUT2D eigenvalue weighted by Gasteiger charge is -2.48. The summed E-state index contributed by atoms with van der Waals surface area (Å²) in [6.45, 7) is 1.11. The molecule has 0 unspecified atom stereocenters. The molecule has 2 amide bonds. The Morgan fingerprint density at radius 2 is 1.88 bits per heavy atom. The minimum absolute atomic E-state index is 0.0557. The summed E-state index contributed by atoms with van der Waals surface area (Å²) in [7, 11) is 1.40. The number of benzene rings is 1. The number of phenolic OH excluding ortho intramolecular Hbond substituents is 1. The van der Waals surface area contributed by atoms with E-state index in [2.05, 4.69) is 5.32 Å². The predicted octanol–water partition coefficient (Wildman–Crippen LogP) is -0.453. The van der Waals surface area contributed by atoms with Gasteiger partial charge in [-0.15, -0.1) is 0 Å². The number of hydrogen-bond acceptors (Lipinski definition) is 9. The molecule has 0 aromatic heterocycles.